The van der Waals surface area contributed by atoms with E-state index < -0.39 is 5.91 Å². The van der Waals surface area contributed by atoms with E-state index in [-0.39, 0.29) is 25.4 Å². The molecule has 8 heteroatoms. The van der Waals surface area contributed by atoms with E-state index in [2.05, 4.69) is 21.0 Å². The number of carbonyl (C=O) groups excluding carboxylic acids is 2. The van der Waals surface area contributed by atoms with E-state index in [0.717, 1.165) is 16.7 Å². The molecule has 1 aromatic heterocycles. The van der Waals surface area contributed by atoms with Crippen LogP contribution in [-0.2, 0) is 16.0 Å². The third-order valence-corrected chi connectivity index (χ3v) is 4.14. The maximum Gasteiger partial charge on any atom is 0.276 e. The number of aromatic nitrogens is 2. The Kier molecular flexibility index (Phi) is 6.57. The van der Waals surface area contributed by atoms with Crippen LogP contribution in [0, 0.1) is 13.8 Å². The van der Waals surface area contributed by atoms with Crippen molar-refractivity contribution in [1.82, 2.24) is 21.0 Å². The fourth-order valence-corrected chi connectivity index (χ4v) is 2.50. The maximum absolute atomic E-state index is 11.9. The van der Waals surface area contributed by atoms with Crippen LogP contribution in [0.4, 0.5) is 0 Å². The molecule has 150 valence electrons. The number of carbonyl (C=O) groups is 2. The van der Waals surface area contributed by atoms with Crippen LogP contribution in [0.25, 0.3) is 11.4 Å². The zero-order valence-electron chi connectivity index (χ0n) is 16.3. The number of benzene rings is 2. The minimum Gasteiger partial charge on any atom is -0.483 e. The van der Waals surface area contributed by atoms with Crippen LogP contribution in [0.5, 0.6) is 5.75 Å². The number of hydrogen-bond donors (Lipinski definition) is 2. The molecule has 0 aliphatic carbocycles. The second-order valence-corrected chi connectivity index (χ2v) is 6.53. The maximum atomic E-state index is 11.9. The normalized spacial score (nSPS) is 10.4. The Labute approximate surface area is 168 Å². The summed E-state index contributed by atoms with van der Waals surface area (Å²) in [6.07, 6.45) is 0.356. The second-order valence-electron chi connectivity index (χ2n) is 6.53. The van der Waals surface area contributed by atoms with Gasteiger partial charge in [0.15, 0.2) is 6.61 Å². The molecule has 2 amide bonds. The third-order valence-electron chi connectivity index (χ3n) is 4.14. The van der Waals surface area contributed by atoms with E-state index in [9.17, 15) is 9.59 Å². The summed E-state index contributed by atoms with van der Waals surface area (Å²) in [6.45, 7) is 3.68. The van der Waals surface area contributed by atoms with Crippen molar-refractivity contribution in [2.45, 2.75) is 26.7 Å². The highest BCUT2D eigenvalue weighted by Gasteiger charge is 2.11. The van der Waals surface area contributed by atoms with Crippen LogP contribution >= 0.6 is 0 Å². The lowest BCUT2D eigenvalue weighted by Crippen LogP contribution is -2.43. The molecule has 0 bridgehead atoms. The molecule has 0 atom stereocenters. The highest BCUT2D eigenvalue weighted by atomic mass is 16.5. The molecule has 8 nitrogen and oxygen atoms in total. The quantitative estimate of drug-likeness (QED) is 0.597. The van der Waals surface area contributed by atoms with Crippen molar-refractivity contribution < 1.29 is 18.8 Å². The average Bonchev–Trinajstić information content (AvgIpc) is 3.19. The van der Waals surface area contributed by atoms with E-state index in [0.29, 0.717) is 17.5 Å². The van der Waals surface area contributed by atoms with Gasteiger partial charge >= 0.3 is 0 Å². The summed E-state index contributed by atoms with van der Waals surface area (Å²) < 4.78 is 10.6. The van der Waals surface area contributed by atoms with Crippen LogP contribution < -0.4 is 15.6 Å². The number of hydrazine groups is 1. The van der Waals surface area contributed by atoms with Gasteiger partial charge in [-0.25, -0.2) is 0 Å². The number of ether oxygens (including phenoxy) is 1. The Morgan fingerprint density at radius 1 is 1.00 bits per heavy atom. The fourth-order valence-electron chi connectivity index (χ4n) is 2.50. The summed E-state index contributed by atoms with van der Waals surface area (Å²) in [5.74, 6) is 0.618. The standard InChI is InChI=1S/C21H22N4O4/c1-14-7-9-16(10-8-14)21-22-20(29-25-21)12-11-18(26)23-24-19(27)13-28-17-6-4-3-5-15(17)2/h3-10H,11-13H2,1-2H3,(H,23,26)(H,24,27). The summed E-state index contributed by atoms with van der Waals surface area (Å²) in [7, 11) is 0. The minimum absolute atomic E-state index is 0.0917. The van der Waals surface area contributed by atoms with Crippen molar-refractivity contribution in [3.05, 3.63) is 65.5 Å². The van der Waals surface area contributed by atoms with E-state index in [1.54, 1.807) is 6.07 Å². The third kappa shape index (κ3) is 5.90. The van der Waals surface area contributed by atoms with Crippen LogP contribution in [-0.4, -0.2) is 28.6 Å². The minimum atomic E-state index is -0.457. The molecule has 0 spiro atoms. The molecule has 0 aliphatic heterocycles. The van der Waals surface area contributed by atoms with Gasteiger partial charge in [0.25, 0.3) is 5.91 Å². The predicted octanol–water partition coefficient (Wildman–Crippen LogP) is 2.51. The molecule has 1 heterocycles. The van der Waals surface area contributed by atoms with E-state index in [1.165, 1.54) is 0 Å². The predicted molar refractivity (Wildman–Crippen MR) is 106 cm³/mol. The topological polar surface area (TPSA) is 106 Å². The molecule has 29 heavy (non-hydrogen) atoms. The molecule has 2 aromatic carbocycles. The molecule has 0 saturated heterocycles. The number of rotatable bonds is 7. The van der Waals surface area contributed by atoms with E-state index in [1.807, 2.05) is 56.3 Å². The molecule has 0 saturated carbocycles. The Bertz CT molecular complexity index is 982. The first kappa shape index (κ1) is 20.1. The van der Waals surface area contributed by atoms with Crippen LogP contribution in [0.2, 0.25) is 0 Å². The Balaban J connectivity index is 1.39. The number of hydrogen-bond acceptors (Lipinski definition) is 6. The lowest BCUT2D eigenvalue weighted by Gasteiger charge is -2.09. The zero-order chi connectivity index (χ0) is 20.6. The molecule has 0 radical (unpaired) electrons. The molecule has 3 rings (SSSR count). The van der Waals surface area contributed by atoms with E-state index in [4.69, 9.17) is 9.26 Å². The Hall–Kier alpha value is -3.68. The van der Waals surface area contributed by atoms with Gasteiger partial charge in [0.05, 0.1) is 0 Å². The van der Waals surface area contributed by atoms with Crippen molar-refractivity contribution in [1.29, 1.82) is 0 Å². The van der Waals surface area contributed by atoms with Gasteiger partial charge < -0.3 is 9.26 Å². The Morgan fingerprint density at radius 3 is 2.48 bits per heavy atom. The molecular weight excluding hydrogens is 372 g/mol. The van der Waals surface area contributed by atoms with Crippen molar-refractivity contribution in [2.24, 2.45) is 0 Å². The van der Waals surface area contributed by atoms with Gasteiger partial charge in [-0.15, -0.1) is 0 Å². The number of aryl methyl sites for hydroxylation is 3. The van der Waals surface area contributed by atoms with Crippen LogP contribution in [0.3, 0.4) is 0 Å². The van der Waals surface area contributed by atoms with Crippen molar-refractivity contribution in [2.75, 3.05) is 6.61 Å². The van der Waals surface area contributed by atoms with Crippen LogP contribution in [0.15, 0.2) is 53.1 Å². The monoisotopic (exact) mass is 394 g/mol. The smallest absolute Gasteiger partial charge is 0.276 e. The number of nitrogens with one attached hydrogen (secondary N) is 2. The van der Waals surface area contributed by atoms with Crippen molar-refractivity contribution in [3.63, 3.8) is 0 Å². The van der Waals surface area contributed by atoms with Gasteiger partial charge in [-0.3, -0.25) is 20.4 Å². The molecule has 3 aromatic rings. The van der Waals surface area contributed by atoms with Crippen molar-refractivity contribution >= 4 is 11.8 Å². The second kappa shape index (κ2) is 9.50. The first-order valence-electron chi connectivity index (χ1n) is 9.17. The largest absolute Gasteiger partial charge is 0.483 e. The van der Waals surface area contributed by atoms with Gasteiger partial charge in [-0.05, 0) is 25.5 Å². The summed E-state index contributed by atoms with van der Waals surface area (Å²) >= 11 is 0. The first-order chi connectivity index (χ1) is 14.0. The fraction of sp³-hybridized carbons (Fsp3) is 0.238. The Morgan fingerprint density at radius 2 is 1.72 bits per heavy atom. The molecule has 0 unspecified atom stereocenters. The lowest BCUT2D eigenvalue weighted by molar-refractivity contribution is -0.130. The van der Waals surface area contributed by atoms with Gasteiger partial charge in [0, 0.05) is 18.4 Å². The summed E-state index contributed by atoms with van der Waals surface area (Å²) in [5.41, 5.74) is 7.56. The highest BCUT2D eigenvalue weighted by Crippen LogP contribution is 2.17. The van der Waals surface area contributed by atoms with Gasteiger partial charge in [-0.2, -0.15) is 4.98 Å². The van der Waals surface area contributed by atoms with Crippen molar-refractivity contribution in [3.8, 4) is 17.1 Å². The molecular formula is C21H22N4O4. The highest BCUT2D eigenvalue weighted by molar-refractivity contribution is 5.82. The number of amides is 2. The number of para-hydroxylation sites is 1. The van der Waals surface area contributed by atoms with Crippen LogP contribution in [0.1, 0.15) is 23.4 Å². The number of nitrogens with zero attached hydrogens (tertiary/aromatic N) is 2. The van der Waals surface area contributed by atoms with Gasteiger partial charge in [-0.1, -0.05) is 53.2 Å². The van der Waals surface area contributed by atoms with Gasteiger partial charge in [0.1, 0.15) is 5.75 Å². The summed E-state index contributed by atoms with van der Waals surface area (Å²) in [4.78, 5) is 28.0. The molecule has 0 fully saturated rings. The van der Waals surface area contributed by atoms with E-state index >= 15 is 0 Å². The summed E-state index contributed by atoms with van der Waals surface area (Å²) in [5, 5.41) is 3.92. The average molecular weight is 394 g/mol. The summed E-state index contributed by atoms with van der Waals surface area (Å²) in [6, 6.07) is 15.1. The first-order valence-corrected chi connectivity index (χ1v) is 9.17. The SMILES string of the molecule is Cc1ccc(-c2noc(CCC(=O)NNC(=O)COc3ccccc3C)n2)cc1. The molecule has 0 aliphatic rings. The van der Waals surface area contributed by atoms with Gasteiger partial charge in [0.2, 0.25) is 17.6 Å². The lowest BCUT2D eigenvalue weighted by atomic mass is 10.1. The zero-order valence-corrected chi connectivity index (χ0v) is 16.3. The molecule has 2 N–H and O–H groups in total.